The zero-order chi connectivity index (χ0) is 15.4. The Hall–Kier alpha value is -2.27. The lowest BCUT2D eigenvalue weighted by Gasteiger charge is -2.06. The van der Waals surface area contributed by atoms with Crippen molar-refractivity contribution in [1.29, 1.82) is 0 Å². The first-order chi connectivity index (χ1) is 10.8. The minimum absolute atomic E-state index is 0.384. The number of hydrogen-bond acceptors (Lipinski definition) is 5. The monoisotopic (exact) mass is 315 g/mol. The van der Waals surface area contributed by atoms with Crippen molar-refractivity contribution in [1.82, 2.24) is 4.98 Å². The summed E-state index contributed by atoms with van der Waals surface area (Å²) in [5, 5.41) is 2.00. The predicted octanol–water partition coefficient (Wildman–Crippen LogP) is 4.69. The molecule has 0 bridgehead atoms. The molecule has 4 nitrogen and oxygen atoms in total. The van der Waals surface area contributed by atoms with Gasteiger partial charge < -0.3 is 13.9 Å². The molecule has 0 atom stereocenters. The number of hydrogen-bond donors (Lipinski definition) is 0. The van der Waals surface area contributed by atoms with Crippen molar-refractivity contribution in [2.75, 3.05) is 6.61 Å². The van der Waals surface area contributed by atoms with Crippen molar-refractivity contribution in [3.05, 3.63) is 53.2 Å². The van der Waals surface area contributed by atoms with Gasteiger partial charge >= 0.3 is 0 Å². The summed E-state index contributed by atoms with van der Waals surface area (Å²) < 4.78 is 16.9. The van der Waals surface area contributed by atoms with E-state index >= 15 is 0 Å². The first-order valence-electron chi connectivity index (χ1n) is 7.12. The predicted molar refractivity (Wildman–Crippen MR) is 86.5 cm³/mol. The van der Waals surface area contributed by atoms with Gasteiger partial charge in [0.05, 0.1) is 11.5 Å². The third-order valence-electron chi connectivity index (χ3n) is 3.13. The van der Waals surface area contributed by atoms with Crippen molar-refractivity contribution in [3.8, 4) is 22.3 Å². The number of ether oxygens (including phenoxy) is 2. The first-order valence-corrected chi connectivity index (χ1v) is 8.00. The van der Waals surface area contributed by atoms with Crippen molar-refractivity contribution in [2.24, 2.45) is 0 Å². The van der Waals surface area contributed by atoms with Crippen LogP contribution in [0.25, 0.3) is 10.8 Å². The molecule has 0 aliphatic rings. The van der Waals surface area contributed by atoms with E-state index in [2.05, 4.69) is 4.98 Å². The standard InChI is InChI=1S/C17H17NO3S/c1-3-19-13-6-8-14(9-7-13)20-11-15-12(2)21-17(18-15)16-5-4-10-22-16/h4-10H,3,11H2,1-2H3. The van der Waals surface area contributed by atoms with Gasteiger partial charge in [0.2, 0.25) is 5.89 Å². The molecule has 2 aromatic heterocycles. The van der Waals surface area contributed by atoms with Crippen molar-refractivity contribution in [3.63, 3.8) is 0 Å². The Kier molecular flexibility index (Phi) is 4.44. The normalized spacial score (nSPS) is 10.6. The average molecular weight is 315 g/mol. The second-order valence-corrected chi connectivity index (χ2v) is 5.64. The fourth-order valence-electron chi connectivity index (χ4n) is 2.02. The van der Waals surface area contributed by atoms with Gasteiger partial charge in [-0.3, -0.25) is 0 Å². The zero-order valence-electron chi connectivity index (χ0n) is 12.5. The van der Waals surface area contributed by atoms with Gasteiger partial charge in [-0.1, -0.05) is 6.07 Å². The summed E-state index contributed by atoms with van der Waals surface area (Å²) in [6.45, 7) is 4.91. The van der Waals surface area contributed by atoms with E-state index in [0.717, 1.165) is 27.8 Å². The fraction of sp³-hybridized carbons (Fsp3) is 0.235. The van der Waals surface area contributed by atoms with E-state index in [1.54, 1.807) is 11.3 Å². The minimum atomic E-state index is 0.384. The highest BCUT2D eigenvalue weighted by Crippen LogP contribution is 2.26. The van der Waals surface area contributed by atoms with Gasteiger partial charge in [0.25, 0.3) is 0 Å². The molecule has 0 unspecified atom stereocenters. The number of benzene rings is 1. The van der Waals surface area contributed by atoms with Gasteiger partial charge in [0.1, 0.15) is 29.6 Å². The Morgan fingerprint density at radius 1 is 1.09 bits per heavy atom. The molecule has 0 fully saturated rings. The smallest absolute Gasteiger partial charge is 0.236 e. The zero-order valence-corrected chi connectivity index (χ0v) is 13.4. The first kappa shape index (κ1) is 14.7. The molecular formula is C17H17NO3S. The van der Waals surface area contributed by atoms with Gasteiger partial charge in [-0.15, -0.1) is 11.3 Å². The van der Waals surface area contributed by atoms with Crippen LogP contribution < -0.4 is 9.47 Å². The molecule has 3 rings (SSSR count). The van der Waals surface area contributed by atoms with E-state index < -0.39 is 0 Å². The van der Waals surface area contributed by atoms with Crippen LogP contribution in [0.5, 0.6) is 11.5 Å². The quantitative estimate of drug-likeness (QED) is 0.662. The Morgan fingerprint density at radius 2 is 1.82 bits per heavy atom. The molecule has 0 spiro atoms. The number of oxazole rings is 1. The molecule has 5 heteroatoms. The number of rotatable bonds is 6. The van der Waals surface area contributed by atoms with Crippen LogP contribution in [-0.4, -0.2) is 11.6 Å². The molecule has 0 aliphatic carbocycles. The van der Waals surface area contributed by atoms with Crippen molar-refractivity contribution < 1.29 is 13.9 Å². The Balaban J connectivity index is 1.66. The summed E-state index contributed by atoms with van der Waals surface area (Å²) in [5.74, 6) is 3.06. The highest BCUT2D eigenvalue weighted by Gasteiger charge is 2.12. The number of thiophene rings is 1. The molecule has 0 amide bonds. The van der Waals surface area contributed by atoms with Crippen molar-refractivity contribution in [2.45, 2.75) is 20.5 Å². The van der Waals surface area contributed by atoms with E-state index in [0.29, 0.717) is 19.1 Å². The Morgan fingerprint density at radius 3 is 2.45 bits per heavy atom. The second-order valence-electron chi connectivity index (χ2n) is 4.69. The summed E-state index contributed by atoms with van der Waals surface area (Å²) in [4.78, 5) is 5.53. The van der Waals surface area contributed by atoms with Crippen LogP contribution in [0, 0.1) is 6.92 Å². The largest absolute Gasteiger partial charge is 0.494 e. The van der Waals surface area contributed by atoms with E-state index in [-0.39, 0.29) is 0 Å². The average Bonchev–Trinajstić information content (AvgIpc) is 3.16. The lowest BCUT2D eigenvalue weighted by molar-refractivity contribution is 0.297. The highest BCUT2D eigenvalue weighted by atomic mass is 32.1. The summed E-state index contributed by atoms with van der Waals surface area (Å²) in [5.41, 5.74) is 0.817. The van der Waals surface area contributed by atoms with Gasteiger partial charge in [0, 0.05) is 0 Å². The van der Waals surface area contributed by atoms with Gasteiger partial charge in [0.15, 0.2) is 0 Å². The lowest BCUT2D eigenvalue weighted by Crippen LogP contribution is -1.98. The second kappa shape index (κ2) is 6.66. The molecule has 3 aromatic rings. The minimum Gasteiger partial charge on any atom is -0.494 e. The maximum Gasteiger partial charge on any atom is 0.236 e. The molecule has 2 heterocycles. The van der Waals surface area contributed by atoms with Crippen LogP contribution in [-0.2, 0) is 6.61 Å². The molecule has 0 saturated carbocycles. The van der Waals surface area contributed by atoms with Crippen LogP contribution in [0.4, 0.5) is 0 Å². The third kappa shape index (κ3) is 3.31. The molecule has 0 radical (unpaired) electrons. The van der Waals surface area contributed by atoms with E-state index in [1.165, 1.54) is 0 Å². The molecule has 0 N–H and O–H groups in total. The van der Waals surface area contributed by atoms with Gasteiger partial charge in [-0.05, 0) is 49.6 Å². The maximum absolute atomic E-state index is 5.76. The van der Waals surface area contributed by atoms with Gasteiger partial charge in [-0.2, -0.15) is 0 Å². The highest BCUT2D eigenvalue weighted by molar-refractivity contribution is 7.13. The Labute approximate surface area is 133 Å². The topological polar surface area (TPSA) is 44.5 Å². The van der Waals surface area contributed by atoms with Crippen LogP contribution >= 0.6 is 11.3 Å². The molecule has 22 heavy (non-hydrogen) atoms. The van der Waals surface area contributed by atoms with Crippen LogP contribution in [0.2, 0.25) is 0 Å². The van der Waals surface area contributed by atoms with Crippen LogP contribution in [0.15, 0.2) is 46.2 Å². The maximum atomic E-state index is 5.76. The lowest BCUT2D eigenvalue weighted by atomic mass is 10.3. The summed E-state index contributed by atoms with van der Waals surface area (Å²) >= 11 is 1.61. The van der Waals surface area contributed by atoms with Gasteiger partial charge in [-0.25, -0.2) is 4.98 Å². The SMILES string of the molecule is CCOc1ccc(OCc2nc(-c3cccs3)oc2C)cc1. The molecule has 114 valence electrons. The van der Waals surface area contributed by atoms with Crippen LogP contribution in [0.1, 0.15) is 18.4 Å². The van der Waals surface area contributed by atoms with E-state index in [9.17, 15) is 0 Å². The fourth-order valence-corrected chi connectivity index (χ4v) is 2.67. The number of aromatic nitrogens is 1. The summed E-state index contributed by atoms with van der Waals surface area (Å²) in [6, 6.07) is 11.5. The summed E-state index contributed by atoms with van der Waals surface area (Å²) in [7, 11) is 0. The molecular weight excluding hydrogens is 298 g/mol. The van der Waals surface area contributed by atoms with Crippen molar-refractivity contribution >= 4 is 11.3 Å². The third-order valence-corrected chi connectivity index (χ3v) is 3.99. The number of nitrogens with zero attached hydrogens (tertiary/aromatic N) is 1. The molecule has 1 aromatic carbocycles. The summed E-state index contributed by atoms with van der Waals surface area (Å²) in [6.07, 6.45) is 0. The molecule has 0 saturated heterocycles. The number of aryl methyl sites for hydroxylation is 1. The Bertz CT molecular complexity index is 717. The van der Waals surface area contributed by atoms with E-state index in [1.807, 2.05) is 55.6 Å². The molecule has 0 aliphatic heterocycles. The van der Waals surface area contributed by atoms with E-state index in [4.69, 9.17) is 13.9 Å². The van der Waals surface area contributed by atoms with Crippen LogP contribution in [0.3, 0.4) is 0 Å².